The Bertz CT molecular complexity index is 1420. The number of nitrogens with one attached hydrogen (secondary N) is 2. The zero-order valence-electron chi connectivity index (χ0n) is 21.6. The summed E-state index contributed by atoms with van der Waals surface area (Å²) in [4.78, 5) is 23.8. The van der Waals surface area contributed by atoms with E-state index in [-0.39, 0.29) is 18.1 Å². The van der Waals surface area contributed by atoms with E-state index in [1.165, 1.54) is 23.6 Å². The van der Waals surface area contributed by atoms with E-state index in [2.05, 4.69) is 44.8 Å². The fourth-order valence-electron chi connectivity index (χ4n) is 5.37. The third-order valence-electron chi connectivity index (χ3n) is 7.27. The molecule has 1 aromatic carbocycles. The van der Waals surface area contributed by atoms with Gasteiger partial charge in [-0.05, 0) is 86.3 Å². The van der Waals surface area contributed by atoms with Gasteiger partial charge < -0.3 is 19.5 Å². The van der Waals surface area contributed by atoms with Crippen LogP contribution in [0.4, 0.5) is 15.2 Å². The van der Waals surface area contributed by atoms with Crippen LogP contribution in [0, 0.1) is 5.95 Å². The van der Waals surface area contributed by atoms with Gasteiger partial charge in [0.1, 0.15) is 17.5 Å². The lowest BCUT2D eigenvalue weighted by Gasteiger charge is -2.27. The molecule has 2 aliphatic rings. The maximum atomic E-state index is 13.5. The number of aromatic nitrogens is 3. The first-order valence-electron chi connectivity index (χ1n) is 13.4. The first-order valence-corrected chi connectivity index (χ1v) is 14.3. The van der Waals surface area contributed by atoms with Crippen LogP contribution in [0.25, 0.3) is 0 Å². The number of nitrogens with zero attached hydrogens (tertiary/aromatic N) is 4. The van der Waals surface area contributed by atoms with E-state index in [4.69, 9.17) is 9.72 Å². The molecule has 5 heterocycles. The predicted octanol–water partition coefficient (Wildman–Crippen LogP) is 5.25. The number of piperidine rings is 1. The van der Waals surface area contributed by atoms with Gasteiger partial charge >= 0.3 is 0 Å². The fraction of sp³-hybridized carbons (Fsp3) is 0.345. The Hall–Kier alpha value is -3.76. The van der Waals surface area contributed by atoms with Crippen molar-refractivity contribution in [3.8, 4) is 5.75 Å². The highest BCUT2D eigenvalue weighted by molar-refractivity contribution is 7.14. The van der Waals surface area contributed by atoms with Gasteiger partial charge in [0.05, 0.1) is 11.7 Å². The normalized spacial score (nSPS) is 19.3. The Morgan fingerprint density at radius 2 is 2.08 bits per heavy atom. The van der Waals surface area contributed by atoms with Crippen LogP contribution in [0.15, 0.2) is 66.3 Å². The van der Waals surface area contributed by atoms with Gasteiger partial charge in [0.15, 0.2) is 5.13 Å². The van der Waals surface area contributed by atoms with Crippen LogP contribution in [-0.4, -0.2) is 46.2 Å². The summed E-state index contributed by atoms with van der Waals surface area (Å²) < 4.78 is 21.4. The first kappa shape index (κ1) is 25.5. The molecular weight excluding hydrogens is 515 g/mol. The number of amides is 1. The van der Waals surface area contributed by atoms with Gasteiger partial charge in [0, 0.05) is 43.1 Å². The lowest BCUT2D eigenvalue weighted by atomic mass is 10.1. The average molecular weight is 547 g/mol. The molecule has 4 aromatic rings. The van der Waals surface area contributed by atoms with Crippen molar-refractivity contribution in [1.82, 2.24) is 19.9 Å². The maximum Gasteiger partial charge on any atom is 0.274 e. The minimum atomic E-state index is -0.539. The number of ether oxygens (including phenoxy) is 1. The number of halogens is 1. The van der Waals surface area contributed by atoms with E-state index in [0.29, 0.717) is 17.4 Å². The number of rotatable bonds is 8. The molecule has 0 aliphatic carbocycles. The summed E-state index contributed by atoms with van der Waals surface area (Å²) in [6.07, 6.45) is 7.78. The molecule has 6 rings (SSSR count). The molecule has 2 atom stereocenters. The summed E-state index contributed by atoms with van der Waals surface area (Å²) >= 11 is 1.43. The number of hydrogen-bond acceptors (Lipinski definition) is 7. The number of hydrogen-bond donors (Lipinski definition) is 2. The highest BCUT2D eigenvalue weighted by Gasteiger charge is 2.29. The quantitative estimate of drug-likeness (QED) is 0.294. The van der Waals surface area contributed by atoms with E-state index in [1.807, 2.05) is 5.38 Å². The number of pyridine rings is 1. The molecule has 3 aromatic heterocycles. The zero-order chi connectivity index (χ0) is 26.6. The highest BCUT2D eigenvalue weighted by atomic mass is 32.1. The van der Waals surface area contributed by atoms with Gasteiger partial charge in [0.25, 0.3) is 5.91 Å². The molecule has 0 spiro atoms. The van der Waals surface area contributed by atoms with Crippen molar-refractivity contribution in [2.45, 2.75) is 44.4 Å². The van der Waals surface area contributed by atoms with Crippen LogP contribution in [0.2, 0.25) is 0 Å². The minimum absolute atomic E-state index is 0.159. The van der Waals surface area contributed by atoms with Crippen molar-refractivity contribution in [3.63, 3.8) is 0 Å². The van der Waals surface area contributed by atoms with Gasteiger partial charge in [-0.2, -0.15) is 4.39 Å². The summed E-state index contributed by atoms with van der Waals surface area (Å²) in [6, 6.07) is 15.2. The molecule has 2 saturated heterocycles. The van der Waals surface area contributed by atoms with Gasteiger partial charge in [-0.3, -0.25) is 10.1 Å². The van der Waals surface area contributed by atoms with Crippen molar-refractivity contribution in [2.75, 3.05) is 29.9 Å². The first-order chi connectivity index (χ1) is 19.1. The van der Waals surface area contributed by atoms with Crippen molar-refractivity contribution in [1.29, 1.82) is 0 Å². The van der Waals surface area contributed by atoms with Crippen molar-refractivity contribution < 1.29 is 13.9 Å². The Kier molecular flexibility index (Phi) is 7.55. The summed E-state index contributed by atoms with van der Waals surface area (Å²) in [7, 11) is 0. The largest absolute Gasteiger partial charge is 0.489 e. The molecule has 202 valence electrons. The van der Waals surface area contributed by atoms with Crippen LogP contribution in [0.3, 0.4) is 0 Å². The second-order valence-corrected chi connectivity index (χ2v) is 10.8. The summed E-state index contributed by atoms with van der Waals surface area (Å²) in [5.74, 6) is 0.117. The number of benzene rings is 1. The third-order valence-corrected chi connectivity index (χ3v) is 8.04. The topological polar surface area (TPSA) is 84.3 Å². The van der Waals surface area contributed by atoms with Crippen LogP contribution < -0.4 is 20.3 Å². The number of thiazole rings is 1. The second-order valence-electron chi connectivity index (χ2n) is 9.97. The molecular formula is C29H31FN6O2S. The molecule has 0 bridgehead atoms. The lowest BCUT2D eigenvalue weighted by Crippen LogP contribution is -2.37. The standard InChI is InChI=1S/C29H31FN6O2S/c30-27-16-20(11-13-32-27)18-35-14-2-6-26(35)28(37)34-29-33-24(19-39-29)25-5-3-15-36(25)21-7-9-22(10-8-21)38-23-4-1-12-31-17-23/h2,6-11,13-14,16,19,23,25,31H,1,3-5,12,15,17-18H2,(H,33,34,37)/t23-,25-/m1/s1. The molecule has 2 N–H and O–H groups in total. The molecule has 10 heteroatoms. The number of carbonyl (C=O) groups is 1. The van der Waals surface area contributed by atoms with E-state index in [0.717, 1.165) is 68.0 Å². The van der Waals surface area contributed by atoms with E-state index < -0.39 is 5.95 Å². The number of anilines is 2. The van der Waals surface area contributed by atoms with Crippen molar-refractivity contribution in [2.24, 2.45) is 0 Å². The van der Waals surface area contributed by atoms with Crippen molar-refractivity contribution in [3.05, 3.63) is 89.2 Å². The van der Waals surface area contributed by atoms with Crippen LogP contribution in [-0.2, 0) is 6.54 Å². The molecule has 0 radical (unpaired) electrons. The van der Waals surface area contributed by atoms with Gasteiger partial charge in [0.2, 0.25) is 5.95 Å². The number of carbonyl (C=O) groups excluding carboxylic acids is 1. The zero-order valence-corrected chi connectivity index (χ0v) is 22.4. The van der Waals surface area contributed by atoms with E-state index in [1.54, 1.807) is 29.0 Å². The molecule has 2 aliphatic heterocycles. The molecule has 0 unspecified atom stereocenters. The van der Waals surface area contributed by atoms with Gasteiger partial charge in [-0.1, -0.05) is 0 Å². The van der Waals surface area contributed by atoms with Crippen LogP contribution in [0.1, 0.15) is 53.5 Å². The van der Waals surface area contributed by atoms with E-state index in [9.17, 15) is 9.18 Å². The van der Waals surface area contributed by atoms with Crippen LogP contribution in [0.5, 0.6) is 5.75 Å². The van der Waals surface area contributed by atoms with Crippen LogP contribution >= 0.6 is 11.3 Å². The van der Waals surface area contributed by atoms with Gasteiger partial charge in [-0.25, -0.2) is 9.97 Å². The SMILES string of the molecule is O=C(Nc1nc([C@H]2CCCN2c2ccc(O[C@@H]3CCCNC3)cc2)cs1)c1cccn1Cc1ccnc(F)c1. The molecule has 39 heavy (non-hydrogen) atoms. The van der Waals surface area contributed by atoms with Gasteiger partial charge in [-0.15, -0.1) is 11.3 Å². The predicted molar refractivity (Wildman–Crippen MR) is 150 cm³/mol. The summed E-state index contributed by atoms with van der Waals surface area (Å²) in [5, 5.41) is 8.93. The fourth-order valence-corrected chi connectivity index (χ4v) is 6.12. The molecule has 2 fully saturated rings. The molecule has 1 amide bonds. The maximum absolute atomic E-state index is 13.5. The Morgan fingerprint density at radius 1 is 1.18 bits per heavy atom. The Balaban J connectivity index is 1.10. The Morgan fingerprint density at radius 3 is 2.90 bits per heavy atom. The monoisotopic (exact) mass is 546 g/mol. The molecule has 0 saturated carbocycles. The van der Waals surface area contributed by atoms with Crippen molar-refractivity contribution >= 4 is 28.1 Å². The highest BCUT2D eigenvalue weighted by Crippen LogP contribution is 2.38. The summed E-state index contributed by atoms with van der Waals surface area (Å²) in [5.41, 5.74) is 3.33. The second kappa shape index (κ2) is 11.5. The Labute approximate surface area is 230 Å². The summed E-state index contributed by atoms with van der Waals surface area (Å²) in [6.45, 7) is 3.30. The third kappa shape index (κ3) is 5.97. The van der Waals surface area contributed by atoms with E-state index >= 15 is 0 Å². The smallest absolute Gasteiger partial charge is 0.274 e. The average Bonchev–Trinajstić information content (AvgIpc) is 3.71. The minimum Gasteiger partial charge on any atom is -0.489 e. The molecule has 8 nitrogen and oxygen atoms in total. The lowest BCUT2D eigenvalue weighted by molar-refractivity contribution is 0.101.